The summed E-state index contributed by atoms with van der Waals surface area (Å²) >= 11 is 1.47. The Bertz CT molecular complexity index is 565. The van der Waals surface area contributed by atoms with Crippen molar-refractivity contribution in [2.24, 2.45) is 5.92 Å². The number of carboxylic acids is 1. The first-order valence-corrected chi connectivity index (χ1v) is 6.81. The molecule has 1 N–H and O–H groups in total. The highest BCUT2D eigenvalue weighted by atomic mass is 32.1. The molecule has 1 atom stereocenters. The minimum atomic E-state index is -0.850. The van der Waals surface area contributed by atoms with Crippen molar-refractivity contribution in [3.63, 3.8) is 0 Å². The van der Waals surface area contributed by atoms with E-state index in [0.717, 1.165) is 16.3 Å². The van der Waals surface area contributed by atoms with Crippen LogP contribution in [0, 0.1) is 18.7 Å². The Morgan fingerprint density at radius 2 is 2.05 bits per heavy atom. The fourth-order valence-electron chi connectivity index (χ4n) is 1.86. The van der Waals surface area contributed by atoms with Crippen LogP contribution in [0.25, 0.3) is 0 Å². The molecule has 0 bridgehead atoms. The summed E-state index contributed by atoms with van der Waals surface area (Å²) in [5, 5.41) is 12.0. The summed E-state index contributed by atoms with van der Waals surface area (Å²) in [7, 11) is 0. The average Bonchev–Trinajstić information content (AvgIpc) is 2.76. The standard InChI is InChI=1S/C14H14FNO2S/c1-9-8-19-13(16-9)7-11(14(17)18)6-10-2-4-12(15)5-3-10/h2-5,8,11H,6-7H2,1H3,(H,17,18). The SMILES string of the molecule is Cc1csc(CC(Cc2ccc(F)cc2)C(=O)O)n1. The van der Waals surface area contributed by atoms with Gasteiger partial charge < -0.3 is 5.11 Å². The molecule has 0 fully saturated rings. The van der Waals surface area contributed by atoms with E-state index < -0.39 is 11.9 Å². The van der Waals surface area contributed by atoms with Gasteiger partial charge in [-0.2, -0.15) is 0 Å². The molecule has 19 heavy (non-hydrogen) atoms. The molecule has 1 aromatic heterocycles. The third-order valence-corrected chi connectivity index (χ3v) is 3.82. The van der Waals surface area contributed by atoms with E-state index in [1.807, 2.05) is 12.3 Å². The number of benzene rings is 1. The van der Waals surface area contributed by atoms with Gasteiger partial charge in [0.15, 0.2) is 0 Å². The van der Waals surface area contributed by atoms with Crippen LogP contribution in [0.4, 0.5) is 4.39 Å². The number of nitrogens with zero attached hydrogens (tertiary/aromatic N) is 1. The van der Waals surface area contributed by atoms with Gasteiger partial charge in [-0.1, -0.05) is 12.1 Å². The summed E-state index contributed by atoms with van der Waals surface area (Å²) in [5.41, 5.74) is 1.73. The van der Waals surface area contributed by atoms with E-state index in [-0.39, 0.29) is 5.82 Å². The Morgan fingerprint density at radius 3 is 2.58 bits per heavy atom. The van der Waals surface area contributed by atoms with Gasteiger partial charge in [-0.15, -0.1) is 11.3 Å². The Balaban J connectivity index is 2.08. The lowest BCUT2D eigenvalue weighted by molar-refractivity contribution is -0.141. The zero-order valence-electron chi connectivity index (χ0n) is 10.5. The zero-order valence-corrected chi connectivity index (χ0v) is 11.3. The van der Waals surface area contributed by atoms with Gasteiger partial charge >= 0.3 is 5.97 Å². The van der Waals surface area contributed by atoms with Crippen LogP contribution in [0.15, 0.2) is 29.6 Å². The zero-order chi connectivity index (χ0) is 13.8. The van der Waals surface area contributed by atoms with E-state index in [1.165, 1.54) is 23.5 Å². The highest BCUT2D eigenvalue weighted by molar-refractivity contribution is 7.09. The molecule has 1 aromatic carbocycles. The van der Waals surface area contributed by atoms with Crippen molar-refractivity contribution in [1.29, 1.82) is 0 Å². The fourth-order valence-corrected chi connectivity index (χ4v) is 2.71. The van der Waals surface area contributed by atoms with Crippen molar-refractivity contribution in [2.75, 3.05) is 0 Å². The Kier molecular flexibility index (Phi) is 4.27. The Hall–Kier alpha value is -1.75. The first-order chi connectivity index (χ1) is 9.04. The molecule has 0 saturated carbocycles. The van der Waals surface area contributed by atoms with Crippen LogP contribution in [-0.2, 0) is 17.6 Å². The first kappa shape index (κ1) is 13.7. The normalized spacial score (nSPS) is 12.3. The van der Waals surface area contributed by atoms with Gasteiger partial charge in [0.2, 0.25) is 0 Å². The van der Waals surface area contributed by atoms with E-state index in [0.29, 0.717) is 12.8 Å². The van der Waals surface area contributed by atoms with Crippen LogP contribution in [0.2, 0.25) is 0 Å². The number of thiazole rings is 1. The molecule has 0 saturated heterocycles. The van der Waals surface area contributed by atoms with Crippen molar-refractivity contribution >= 4 is 17.3 Å². The van der Waals surface area contributed by atoms with Gasteiger partial charge in [-0.3, -0.25) is 4.79 Å². The summed E-state index contributed by atoms with van der Waals surface area (Å²) in [6, 6.07) is 5.94. The van der Waals surface area contributed by atoms with Crippen molar-refractivity contribution in [2.45, 2.75) is 19.8 Å². The van der Waals surface area contributed by atoms with Gasteiger partial charge in [-0.05, 0) is 31.0 Å². The predicted molar refractivity (Wildman–Crippen MR) is 71.8 cm³/mol. The average molecular weight is 279 g/mol. The van der Waals surface area contributed by atoms with Crippen LogP contribution in [-0.4, -0.2) is 16.1 Å². The minimum absolute atomic E-state index is 0.314. The number of carbonyl (C=O) groups is 1. The van der Waals surface area contributed by atoms with Crippen LogP contribution in [0.3, 0.4) is 0 Å². The molecular weight excluding hydrogens is 265 g/mol. The summed E-state index contributed by atoms with van der Waals surface area (Å²) in [6.45, 7) is 1.88. The van der Waals surface area contributed by atoms with E-state index in [4.69, 9.17) is 0 Å². The van der Waals surface area contributed by atoms with Crippen molar-refractivity contribution in [3.05, 3.63) is 51.7 Å². The predicted octanol–water partition coefficient (Wildman–Crippen LogP) is 3.08. The molecular formula is C14H14FNO2S. The third-order valence-electron chi connectivity index (χ3n) is 2.83. The number of halogens is 1. The topological polar surface area (TPSA) is 50.2 Å². The number of rotatable bonds is 5. The molecule has 2 aromatic rings. The number of aromatic nitrogens is 1. The van der Waals surface area contributed by atoms with Crippen molar-refractivity contribution in [3.8, 4) is 0 Å². The summed E-state index contributed by atoms with van der Waals surface area (Å²) in [5.74, 6) is -1.70. The molecule has 1 unspecified atom stereocenters. The molecule has 3 nitrogen and oxygen atoms in total. The van der Waals surface area contributed by atoms with Crippen molar-refractivity contribution in [1.82, 2.24) is 4.98 Å². The van der Waals surface area contributed by atoms with Crippen LogP contribution >= 0.6 is 11.3 Å². The molecule has 0 aliphatic carbocycles. The van der Waals surface area contributed by atoms with Crippen molar-refractivity contribution < 1.29 is 14.3 Å². The lowest BCUT2D eigenvalue weighted by Crippen LogP contribution is -2.19. The Labute approximate surface area is 114 Å². The molecule has 0 aliphatic rings. The van der Waals surface area contributed by atoms with E-state index in [1.54, 1.807) is 12.1 Å². The second-order valence-electron chi connectivity index (χ2n) is 4.45. The number of hydrogen-bond donors (Lipinski definition) is 1. The molecule has 0 amide bonds. The Morgan fingerprint density at radius 1 is 1.37 bits per heavy atom. The lowest BCUT2D eigenvalue weighted by atomic mass is 9.96. The van der Waals surface area contributed by atoms with E-state index >= 15 is 0 Å². The quantitative estimate of drug-likeness (QED) is 0.915. The highest BCUT2D eigenvalue weighted by Gasteiger charge is 2.20. The lowest BCUT2D eigenvalue weighted by Gasteiger charge is -2.10. The molecule has 5 heteroatoms. The molecule has 0 radical (unpaired) electrons. The molecule has 2 rings (SSSR count). The van der Waals surface area contributed by atoms with Crippen LogP contribution in [0.1, 0.15) is 16.3 Å². The number of aliphatic carboxylic acids is 1. The largest absolute Gasteiger partial charge is 0.481 e. The molecule has 100 valence electrons. The number of carboxylic acid groups (broad SMARTS) is 1. The highest BCUT2D eigenvalue weighted by Crippen LogP contribution is 2.18. The van der Waals surface area contributed by atoms with Crippen LogP contribution < -0.4 is 0 Å². The maximum atomic E-state index is 12.8. The molecule has 0 aliphatic heterocycles. The van der Waals surface area contributed by atoms with Crippen LogP contribution in [0.5, 0.6) is 0 Å². The summed E-state index contributed by atoms with van der Waals surface area (Å²) in [6.07, 6.45) is 0.791. The van der Waals surface area contributed by atoms with Gasteiger partial charge in [0.05, 0.1) is 10.9 Å². The van der Waals surface area contributed by atoms with E-state index in [9.17, 15) is 14.3 Å². The monoisotopic (exact) mass is 279 g/mol. The first-order valence-electron chi connectivity index (χ1n) is 5.93. The van der Waals surface area contributed by atoms with Gasteiger partial charge in [0, 0.05) is 17.5 Å². The van der Waals surface area contributed by atoms with Gasteiger partial charge in [0.1, 0.15) is 5.82 Å². The second-order valence-corrected chi connectivity index (χ2v) is 5.40. The van der Waals surface area contributed by atoms with Gasteiger partial charge in [0.25, 0.3) is 0 Å². The third kappa shape index (κ3) is 3.86. The summed E-state index contributed by atoms with van der Waals surface area (Å²) < 4.78 is 12.8. The van der Waals surface area contributed by atoms with Gasteiger partial charge in [-0.25, -0.2) is 9.37 Å². The smallest absolute Gasteiger partial charge is 0.307 e. The minimum Gasteiger partial charge on any atom is -0.481 e. The maximum absolute atomic E-state index is 12.8. The molecule has 1 heterocycles. The molecule has 0 spiro atoms. The maximum Gasteiger partial charge on any atom is 0.307 e. The second kappa shape index (κ2) is 5.93. The fraction of sp³-hybridized carbons (Fsp3) is 0.286. The number of hydrogen-bond acceptors (Lipinski definition) is 3. The van der Waals surface area contributed by atoms with E-state index in [2.05, 4.69) is 4.98 Å². The number of aryl methyl sites for hydroxylation is 1. The summed E-state index contributed by atoms with van der Waals surface area (Å²) in [4.78, 5) is 15.6.